The molecule has 7 heteroatoms. The molecule has 1 aromatic rings. The van der Waals surface area contributed by atoms with Crippen LogP contribution in [0.3, 0.4) is 0 Å². The normalized spacial score (nSPS) is 11.6. The Labute approximate surface area is 145 Å². The number of hydrogen-bond acceptors (Lipinski definition) is 4. The van der Waals surface area contributed by atoms with E-state index in [1.165, 1.54) is 0 Å². The highest BCUT2D eigenvalue weighted by atomic mass is 32.2. The zero-order valence-electron chi connectivity index (χ0n) is 15.1. The van der Waals surface area contributed by atoms with Gasteiger partial charge in [-0.15, -0.1) is 0 Å². The predicted octanol–water partition coefficient (Wildman–Crippen LogP) is 2.00. The standard InChI is InChI=1S/C17H28N2O4S/c1-13(2)23-10-6-9-18-17(20)12-19(24(5,21)22)16-8-7-14(3)11-15(16)4/h7-8,11,13H,6,9-10,12H2,1-5H3,(H,18,20). The van der Waals surface area contributed by atoms with Gasteiger partial charge < -0.3 is 10.1 Å². The summed E-state index contributed by atoms with van der Waals surface area (Å²) >= 11 is 0. The molecule has 1 aromatic carbocycles. The maximum Gasteiger partial charge on any atom is 0.240 e. The van der Waals surface area contributed by atoms with E-state index >= 15 is 0 Å². The smallest absolute Gasteiger partial charge is 0.240 e. The molecule has 24 heavy (non-hydrogen) atoms. The number of aryl methyl sites for hydroxylation is 2. The molecule has 0 radical (unpaired) electrons. The lowest BCUT2D eigenvalue weighted by Crippen LogP contribution is -2.41. The van der Waals surface area contributed by atoms with Crippen LogP contribution >= 0.6 is 0 Å². The first kappa shape index (κ1) is 20.4. The van der Waals surface area contributed by atoms with Crippen molar-refractivity contribution in [1.29, 1.82) is 0 Å². The minimum absolute atomic E-state index is 0.158. The molecule has 0 aliphatic rings. The number of carbonyl (C=O) groups is 1. The molecule has 0 aromatic heterocycles. The Bertz CT molecular complexity index is 657. The van der Waals surface area contributed by atoms with Crippen LogP contribution in [0, 0.1) is 13.8 Å². The summed E-state index contributed by atoms with van der Waals surface area (Å²) in [5, 5.41) is 2.73. The zero-order valence-corrected chi connectivity index (χ0v) is 15.9. The van der Waals surface area contributed by atoms with E-state index in [0.29, 0.717) is 25.3 Å². The van der Waals surface area contributed by atoms with Gasteiger partial charge in [0.05, 0.1) is 18.0 Å². The van der Waals surface area contributed by atoms with E-state index in [9.17, 15) is 13.2 Å². The van der Waals surface area contributed by atoms with Crippen molar-refractivity contribution in [1.82, 2.24) is 5.32 Å². The molecule has 6 nitrogen and oxygen atoms in total. The lowest BCUT2D eigenvalue weighted by Gasteiger charge is -2.24. The molecule has 0 saturated carbocycles. The fourth-order valence-electron chi connectivity index (χ4n) is 2.27. The summed E-state index contributed by atoms with van der Waals surface area (Å²) in [6, 6.07) is 5.46. The number of amides is 1. The van der Waals surface area contributed by atoms with Crippen molar-refractivity contribution in [3.8, 4) is 0 Å². The third kappa shape index (κ3) is 6.88. The Hall–Kier alpha value is -1.60. The molecule has 0 heterocycles. The van der Waals surface area contributed by atoms with Crippen LogP contribution in [0.2, 0.25) is 0 Å². The van der Waals surface area contributed by atoms with Gasteiger partial charge in [0, 0.05) is 13.2 Å². The number of rotatable bonds is 9. The third-order valence-corrected chi connectivity index (χ3v) is 4.53. The lowest BCUT2D eigenvalue weighted by molar-refractivity contribution is -0.119. The van der Waals surface area contributed by atoms with Crippen LogP contribution in [-0.2, 0) is 19.6 Å². The summed E-state index contributed by atoms with van der Waals surface area (Å²) in [5.41, 5.74) is 2.39. The number of carbonyl (C=O) groups excluding carboxylic acids is 1. The maximum atomic E-state index is 12.1. The van der Waals surface area contributed by atoms with Crippen molar-refractivity contribution in [3.63, 3.8) is 0 Å². The highest BCUT2D eigenvalue weighted by Crippen LogP contribution is 2.23. The second kappa shape index (κ2) is 9.03. The van der Waals surface area contributed by atoms with Gasteiger partial charge in [-0.2, -0.15) is 0 Å². The van der Waals surface area contributed by atoms with E-state index in [4.69, 9.17) is 4.74 Å². The average Bonchev–Trinajstić information content (AvgIpc) is 2.43. The van der Waals surface area contributed by atoms with Gasteiger partial charge in [0.2, 0.25) is 15.9 Å². The maximum absolute atomic E-state index is 12.1. The molecule has 0 aliphatic heterocycles. The number of sulfonamides is 1. The molecule has 1 amide bonds. The Morgan fingerprint density at radius 2 is 1.96 bits per heavy atom. The second-order valence-electron chi connectivity index (χ2n) is 6.18. The first-order valence-electron chi connectivity index (χ1n) is 8.04. The first-order chi connectivity index (χ1) is 11.1. The van der Waals surface area contributed by atoms with Gasteiger partial charge in [0.25, 0.3) is 0 Å². The number of nitrogens with one attached hydrogen (secondary N) is 1. The van der Waals surface area contributed by atoms with Gasteiger partial charge in [0.15, 0.2) is 0 Å². The van der Waals surface area contributed by atoms with E-state index in [1.807, 2.05) is 39.8 Å². The molecule has 0 aliphatic carbocycles. The Balaban J connectivity index is 2.69. The summed E-state index contributed by atoms with van der Waals surface area (Å²) in [5.74, 6) is -0.329. The third-order valence-electron chi connectivity index (χ3n) is 3.40. The molecule has 0 spiro atoms. The second-order valence-corrected chi connectivity index (χ2v) is 8.09. The number of benzene rings is 1. The van der Waals surface area contributed by atoms with Crippen molar-refractivity contribution in [2.45, 2.75) is 40.2 Å². The highest BCUT2D eigenvalue weighted by Gasteiger charge is 2.22. The van der Waals surface area contributed by atoms with E-state index in [1.54, 1.807) is 6.07 Å². The van der Waals surface area contributed by atoms with Crippen molar-refractivity contribution in [3.05, 3.63) is 29.3 Å². The quantitative estimate of drug-likeness (QED) is 0.687. The highest BCUT2D eigenvalue weighted by molar-refractivity contribution is 7.92. The molecule has 0 saturated heterocycles. The van der Waals surface area contributed by atoms with Crippen LogP contribution in [0.25, 0.3) is 0 Å². The summed E-state index contributed by atoms with van der Waals surface area (Å²) in [6.07, 6.45) is 1.95. The minimum Gasteiger partial charge on any atom is -0.379 e. The molecular weight excluding hydrogens is 328 g/mol. The lowest BCUT2D eigenvalue weighted by atomic mass is 10.1. The van der Waals surface area contributed by atoms with E-state index in [2.05, 4.69) is 5.32 Å². The average molecular weight is 356 g/mol. The van der Waals surface area contributed by atoms with Crippen molar-refractivity contribution in [2.24, 2.45) is 0 Å². The van der Waals surface area contributed by atoms with Crippen molar-refractivity contribution in [2.75, 3.05) is 30.3 Å². The number of anilines is 1. The van der Waals surface area contributed by atoms with Crippen LogP contribution in [0.15, 0.2) is 18.2 Å². The molecule has 1 rings (SSSR count). The first-order valence-corrected chi connectivity index (χ1v) is 9.89. The minimum atomic E-state index is -3.55. The van der Waals surface area contributed by atoms with Crippen LogP contribution in [-0.4, -0.2) is 46.4 Å². The van der Waals surface area contributed by atoms with Gasteiger partial charge >= 0.3 is 0 Å². The van der Waals surface area contributed by atoms with Gasteiger partial charge in [-0.25, -0.2) is 8.42 Å². The summed E-state index contributed by atoms with van der Waals surface area (Å²) in [6.45, 7) is 8.46. The summed E-state index contributed by atoms with van der Waals surface area (Å²) in [4.78, 5) is 12.1. The van der Waals surface area contributed by atoms with Crippen molar-refractivity contribution >= 4 is 21.6 Å². The van der Waals surface area contributed by atoms with Gasteiger partial charge in [-0.3, -0.25) is 9.10 Å². The molecule has 1 N–H and O–H groups in total. The fourth-order valence-corrected chi connectivity index (χ4v) is 3.19. The largest absolute Gasteiger partial charge is 0.379 e. The number of ether oxygens (including phenoxy) is 1. The molecule has 0 fully saturated rings. The summed E-state index contributed by atoms with van der Waals surface area (Å²) < 4.78 is 30.7. The Kier molecular flexibility index (Phi) is 7.69. The fraction of sp³-hybridized carbons (Fsp3) is 0.588. The van der Waals surface area contributed by atoms with Crippen LogP contribution in [0.5, 0.6) is 0 Å². The molecule has 0 atom stereocenters. The molecule has 0 bridgehead atoms. The molecule has 136 valence electrons. The van der Waals surface area contributed by atoms with E-state index in [-0.39, 0.29) is 18.6 Å². The Morgan fingerprint density at radius 1 is 1.29 bits per heavy atom. The van der Waals surface area contributed by atoms with Gasteiger partial charge in [-0.05, 0) is 45.7 Å². The zero-order chi connectivity index (χ0) is 18.3. The monoisotopic (exact) mass is 356 g/mol. The van der Waals surface area contributed by atoms with Crippen LogP contribution in [0.4, 0.5) is 5.69 Å². The van der Waals surface area contributed by atoms with Crippen LogP contribution in [0.1, 0.15) is 31.4 Å². The topological polar surface area (TPSA) is 75.7 Å². The molecular formula is C17H28N2O4S. The van der Waals surface area contributed by atoms with Gasteiger partial charge in [-0.1, -0.05) is 17.7 Å². The van der Waals surface area contributed by atoms with E-state index in [0.717, 1.165) is 21.7 Å². The summed E-state index contributed by atoms with van der Waals surface area (Å²) in [7, 11) is -3.55. The predicted molar refractivity (Wildman–Crippen MR) is 96.8 cm³/mol. The number of nitrogens with zero attached hydrogens (tertiary/aromatic N) is 1. The van der Waals surface area contributed by atoms with Crippen molar-refractivity contribution < 1.29 is 17.9 Å². The van der Waals surface area contributed by atoms with Crippen LogP contribution < -0.4 is 9.62 Å². The SMILES string of the molecule is Cc1ccc(N(CC(=O)NCCCOC(C)C)S(C)(=O)=O)c(C)c1. The molecule has 0 unspecified atom stereocenters. The van der Waals surface area contributed by atoms with E-state index < -0.39 is 10.0 Å². The van der Waals surface area contributed by atoms with Gasteiger partial charge in [0.1, 0.15) is 6.54 Å². The Morgan fingerprint density at radius 3 is 2.50 bits per heavy atom. The number of hydrogen-bond donors (Lipinski definition) is 1.